The van der Waals surface area contributed by atoms with Crippen LogP contribution >= 0.6 is 0 Å². The van der Waals surface area contributed by atoms with E-state index < -0.39 is 0 Å². The second-order valence-corrected chi connectivity index (χ2v) is 4.67. The molecule has 0 saturated carbocycles. The van der Waals surface area contributed by atoms with Crippen LogP contribution in [-0.4, -0.2) is 20.2 Å². The van der Waals surface area contributed by atoms with Crippen LogP contribution in [0.25, 0.3) is 5.69 Å². The second kappa shape index (κ2) is 4.25. The Morgan fingerprint density at radius 3 is 2.82 bits per heavy atom. The van der Waals surface area contributed by atoms with Crippen LogP contribution in [0.1, 0.15) is 31.7 Å². The predicted octanol–water partition coefficient (Wildman–Crippen LogP) is 0.838. The average Bonchev–Trinajstić information content (AvgIpc) is 2.78. The number of aromatic nitrogens is 4. The lowest BCUT2D eigenvalue weighted by Gasteiger charge is -2.17. The molecular formula is C12H18N5+. The Hall–Kier alpha value is -1.75. The van der Waals surface area contributed by atoms with Crippen LogP contribution in [0, 0.1) is 6.92 Å². The molecule has 1 atom stereocenters. The van der Waals surface area contributed by atoms with Crippen molar-refractivity contribution in [2.45, 2.75) is 32.7 Å². The summed E-state index contributed by atoms with van der Waals surface area (Å²) in [6.07, 6.45) is 0.888. The van der Waals surface area contributed by atoms with Crippen LogP contribution in [0.3, 0.4) is 0 Å². The van der Waals surface area contributed by atoms with Crippen LogP contribution in [0.4, 0.5) is 0 Å². The topological polar surface area (TPSA) is 71.2 Å². The van der Waals surface area contributed by atoms with Gasteiger partial charge in [0.2, 0.25) is 5.82 Å². The molecular weight excluding hydrogens is 214 g/mol. The third-order valence-electron chi connectivity index (χ3n) is 3.04. The highest BCUT2D eigenvalue weighted by atomic mass is 15.5. The zero-order chi connectivity index (χ0) is 12.5. The van der Waals surface area contributed by atoms with Gasteiger partial charge in [-0.3, -0.25) is 0 Å². The van der Waals surface area contributed by atoms with Crippen molar-refractivity contribution in [1.82, 2.24) is 20.2 Å². The predicted molar refractivity (Wildman–Crippen MR) is 64.4 cm³/mol. The lowest BCUT2D eigenvalue weighted by atomic mass is 9.99. The molecule has 0 fully saturated rings. The van der Waals surface area contributed by atoms with Gasteiger partial charge in [0.15, 0.2) is 5.54 Å². The maximum absolute atomic E-state index is 4.18. The van der Waals surface area contributed by atoms with Crippen LogP contribution in [0.2, 0.25) is 0 Å². The summed E-state index contributed by atoms with van der Waals surface area (Å²) in [6, 6.07) is 8.11. The summed E-state index contributed by atoms with van der Waals surface area (Å²) in [5.41, 5.74) is 6.07. The smallest absolute Gasteiger partial charge is 0.216 e. The molecule has 1 heterocycles. The van der Waals surface area contributed by atoms with E-state index in [1.807, 2.05) is 19.1 Å². The third-order valence-corrected chi connectivity index (χ3v) is 3.04. The van der Waals surface area contributed by atoms with Gasteiger partial charge in [0.1, 0.15) is 0 Å². The van der Waals surface area contributed by atoms with Gasteiger partial charge in [-0.1, -0.05) is 19.1 Å². The van der Waals surface area contributed by atoms with Crippen molar-refractivity contribution in [2.75, 3.05) is 0 Å². The summed E-state index contributed by atoms with van der Waals surface area (Å²) in [6.45, 7) is 6.18. The molecule has 0 aliphatic carbocycles. The number of quaternary nitrogens is 1. The molecule has 0 amide bonds. The van der Waals surface area contributed by atoms with E-state index in [1.165, 1.54) is 5.56 Å². The molecule has 3 N–H and O–H groups in total. The largest absolute Gasteiger partial charge is 0.347 e. The molecule has 0 unspecified atom stereocenters. The number of tetrazole rings is 1. The zero-order valence-electron chi connectivity index (χ0n) is 10.5. The van der Waals surface area contributed by atoms with E-state index in [2.05, 4.69) is 47.2 Å². The number of hydrogen-bond acceptors (Lipinski definition) is 3. The standard InChI is InChI=1S/C12H17N5/c1-4-12(3,13)11-14-15-16-17(11)10-7-5-6-9(2)8-10/h5-8H,4,13H2,1-3H3/p+1/t12-/m0/s1. The first-order valence-corrected chi connectivity index (χ1v) is 5.76. The van der Waals surface area contributed by atoms with Gasteiger partial charge < -0.3 is 5.73 Å². The van der Waals surface area contributed by atoms with Crippen molar-refractivity contribution in [2.24, 2.45) is 0 Å². The van der Waals surface area contributed by atoms with Gasteiger partial charge in [-0.15, -0.1) is 5.10 Å². The Balaban J connectivity index is 2.51. The highest BCUT2D eigenvalue weighted by molar-refractivity contribution is 5.35. The fourth-order valence-corrected chi connectivity index (χ4v) is 1.66. The minimum absolute atomic E-state index is 0.271. The highest BCUT2D eigenvalue weighted by Crippen LogP contribution is 2.19. The zero-order valence-corrected chi connectivity index (χ0v) is 10.5. The molecule has 1 aromatic heterocycles. The molecule has 0 bridgehead atoms. The SMILES string of the molecule is CC[C@](C)([NH3+])c1nnnn1-c1cccc(C)c1. The first-order chi connectivity index (χ1) is 8.04. The summed E-state index contributed by atoms with van der Waals surface area (Å²) < 4.78 is 1.77. The molecule has 5 nitrogen and oxygen atoms in total. The van der Waals surface area contributed by atoms with Gasteiger partial charge in [-0.25, -0.2) is 0 Å². The molecule has 5 heteroatoms. The van der Waals surface area contributed by atoms with Crippen LogP contribution < -0.4 is 5.73 Å². The van der Waals surface area contributed by atoms with Crippen LogP contribution in [-0.2, 0) is 5.54 Å². The lowest BCUT2D eigenvalue weighted by Crippen LogP contribution is -2.68. The number of aryl methyl sites for hydroxylation is 1. The Kier molecular flexibility index (Phi) is 2.93. The number of rotatable bonds is 3. The average molecular weight is 232 g/mol. The Labute approximate surface area is 101 Å². The Morgan fingerprint density at radius 1 is 1.41 bits per heavy atom. The van der Waals surface area contributed by atoms with Gasteiger partial charge in [0, 0.05) is 6.42 Å². The Morgan fingerprint density at radius 2 is 2.18 bits per heavy atom. The summed E-state index contributed by atoms with van der Waals surface area (Å²) in [4.78, 5) is 0. The molecule has 1 aromatic carbocycles. The second-order valence-electron chi connectivity index (χ2n) is 4.67. The van der Waals surface area contributed by atoms with E-state index in [-0.39, 0.29) is 5.54 Å². The minimum atomic E-state index is -0.271. The lowest BCUT2D eigenvalue weighted by molar-refractivity contribution is -0.485. The van der Waals surface area contributed by atoms with Crippen molar-refractivity contribution < 1.29 is 5.73 Å². The van der Waals surface area contributed by atoms with Crippen LogP contribution in [0.5, 0.6) is 0 Å². The van der Waals surface area contributed by atoms with Gasteiger partial charge in [-0.2, -0.15) is 4.68 Å². The summed E-state index contributed by atoms with van der Waals surface area (Å²) in [5, 5.41) is 11.9. The van der Waals surface area contributed by atoms with E-state index in [9.17, 15) is 0 Å². The summed E-state index contributed by atoms with van der Waals surface area (Å²) >= 11 is 0. The van der Waals surface area contributed by atoms with E-state index in [0.717, 1.165) is 17.9 Å². The summed E-state index contributed by atoms with van der Waals surface area (Å²) in [5.74, 6) is 0.797. The fraction of sp³-hybridized carbons (Fsp3) is 0.417. The number of nitrogens with zero attached hydrogens (tertiary/aromatic N) is 4. The summed E-state index contributed by atoms with van der Waals surface area (Å²) in [7, 11) is 0. The van der Waals surface area contributed by atoms with Crippen molar-refractivity contribution in [3.05, 3.63) is 35.7 Å². The van der Waals surface area contributed by atoms with Crippen LogP contribution in [0.15, 0.2) is 24.3 Å². The molecule has 0 aliphatic rings. The highest BCUT2D eigenvalue weighted by Gasteiger charge is 2.30. The molecule has 2 rings (SSSR count). The first kappa shape index (κ1) is 11.7. The molecule has 0 saturated heterocycles. The van der Waals surface area contributed by atoms with E-state index in [1.54, 1.807) is 4.68 Å². The van der Waals surface area contributed by atoms with Crippen molar-refractivity contribution in [3.63, 3.8) is 0 Å². The molecule has 17 heavy (non-hydrogen) atoms. The van der Waals surface area contributed by atoms with E-state index >= 15 is 0 Å². The van der Waals surface area contributed by atoms with Gasteiger partial charge in [0.25, 0.3) is 0 Å². The minimum Gasteiger partial charge on any atom is -0.347 e. The Bertz CT molecular complexity index is 515. The van der Waals surface area contributed by atoms with Gasteiger partial charge in [0.05, 0.1) is 5.69 Å². The quantitative estimate of drug-likeness (QED) is 0.852. The van der Waals surface area contributed by atoms with Crippen molar-refractivity contribution in [3.8, 4) is 5.69 Å². The molecule has 0 radical (unpaired) electrons. The monoisotopic (exact) mass is 232 g/mol. The normalized spacial score (nSPS) is 14.6. The van der Waals surface area contributed by atoms with E-state index in [4.69, 9.17) is 0 Å². The number of benzene rings is 1. The molecule has 2 aromatic rings. The van der Waals surface area contributed by atoms with Crippen molar-refractivity contribution in [1.29, 1.82) is 0 Å². The molecule has 0 aliphatic heterocycles. The maximum atomic E-state index is 4.18. The number of hydrogen-bond donors (Lipinski definition) is 1. The first-order valence-electron chi connectivity index (χ1n) is 5.76. The fourth-order valence-electron chi connectivity index (χ4n) is 1.66. The van der Waals surface area contributed by atoms with Gasteiger partial charge >= 0.3 is 0 Å². The van der Waals surface area contributed by atoms with E-state index in [0.29, 0.717) is 0 Å². The molecule has 0 spiro atoms. The molecule has 90 valence electrons. The third kappa shape index (κ3) is 2.19. The van der Waals surface area contributed by atoms with Crippen molar-refractivity contribution >= 4 is 0 Å². The van der Waals surface area contributed by atoms with Gasteiger partial charge in [-0.05, 0) is 42.0 Å². The maximum Gasteiger partial charge on any atom is 0.216 e.